The summed E-state index contributed by atoms with van der Waals surface area (Å²) in [6.45, 7) is 2.56. The average molecular weight is 246 g/mol. The predicted octanol–water partition coefficient (Wildman–Crippen LogP) is -1.44. The van der Waals surface area contributed by atoms with Crippen molar-refractivity contribution in [3.8, 4) is 0 Å². The number of aliphatic carboxylic acids is 2. The van der Waals surface area contributed by atoms with Crippen molar-refractivity contribution < 1.29 is 29.4 Å². The molecular formula is C9H14N2O6. The van der Waals surface area contributed by atoms with Gasteiger partial charge in [-0.2, -0.15) is 0 Å². The zero-order valence-corrected chi connectivity index (χ0v) is 9.39. The quantitative estimate of drug-likeness (QED) is 0.453. The number of carboxylic acid groups (broad SMARTS) is 2. The fourth-order valence-electron chi connectivity index (χ4n) is 1.04. The molecule has 0 aliphatic rings. The van der Waals surface area contributed by atoms with E-state index in [0.29, 0.717) is 0 Å². The maximum Gasteiger partial charge on any atom is 0.326 e. The van der Waals surface area contributed by atoms with Crippen LogP contribution in [0, 0.1) is 0 Å². The summed E-state index contributed by atoms with van der Waals surface area (Å²) < 4.78 is 0. The van der Waals surface area contributed by atoms with Gasteiger partial charge in [-0.3, -0.25) is 14.4 Å². The summed E-state index contributed by atoms with van der Waals surface area (Å²) in [5.41, 5.74) is 0. The van der Waals surface area contributed by atoms with Crippen LogP contribution in [-0.2, 0) is 19.2 Å². The van der Waals surface area contributed by atoms with Crippen molar-refractivity contribution in [2.45, 2.75) is 32.4 Å². The summed E-state index contributed by atoms with van der Waals surface area (Å²) in [6, 6.07) is -2.45. The largest absolute Gasteiger partial charge is 0.481 e. The van der Waals surface area contributed by atoms with E-state index in [1.54, 1.807) is 0 Å². The number of carbonyl (C=O) groups is 4. The van der Waals surface area contributed by atoms with Gasteiger partial charge in [0.15, 0.2) is 0 Å². The molecule has 0 aromatic heterocycles. The second-order valence-electron chi connectivity index (χ2n) is 3.42. The van der Waals surface area contributed by atoms with Crippen molar-refractivity contribution in [1.82, 2.24) is 10.6 Å². The summed E-state index contributed by atoms with van der Waals surface area (Å²) >= 11 is 0. The van der Waals surface area contributed by atoms with E-state index in [1.165, 1.54) is 13.8 Å². The molecular weight excluding hydrogens is 232 g/mol. The van der Waals surface area contributed by atoms with Gasteiger partial charge in [0.05, 0.1) is 6.42 Å². The number of nitrogens with one attached hydrogen (secondary N) is 2. The van der Waals surface area contributed by atoms with Crippen LogP contribution in [-0.4, -0.2) is 46.0 Å². The first-order chi connectivity index (χ1) is 7.73. The van der Waals surface area contributed by atoms with Gasteiger partial charge in [0, 0.05) is 6.92 Å². The smallest absolute Gasteiger partial charge is 0.326 e. The van der Waals surface area contributed by atoms with E-state index in [-0.39, 0.29) is 0 Å². The molecule has 17 heavy (non-hydrogen) atoms. The van der Waals surface area contributed by atoms with Crippen LogP contribution in [0.4, 0.5) is 0 Å². The minimum Gasteiger partial charge on any atom is -0.481 e. The highest BCUT2D eigenvalue weighted by molar-refractivity contribution is 5.91. The third-order valence-electron chi connectivity index (χ3n) is 1.81. The van der Waals surface area contributed by atoms with Gasteiger partial charge in [0.1, 0.15) is 12.1 Å². The van der Waals surface area contributed by atoms with Gasteiger partial charge in [0.2, 0.25) is 11.8 Å². The van der Waals surface area contributed by atoms with Crippen LogP contribution < -0.4 is 10.6 Å². The molecule has 8 nitrogen and oxygen atoms in total. The van der Waals surface area contributed by atoms with E-state index < -0.39 is 42.3 Å². The monoisotopic (exact) mass is 246 g/mol. The van der Waals surface area contributed by atoms with Crippen molar-refractivity contribution in [3.63, 3.8) is 0 Å². The zero-order chi connectivity index (χ0) is 13.6. The van der Waals surface area contributed by atoms with Gasteiger partial charge in [0.25, 0.3) is 0 Å². The molecule has 0 aromatic rings. The molecule has 8 heteroatoms. The number of rotatable bonds is 6. The molecule has 0 bridgehead atoms. The molecule has 96 valence electrons. The molecule has 0 fully saturated rings. The van der Waals surface area contributed by atoms with Gasteiger partial charge < -0.3 is 20.8 Å². The van der Waals surface area contributed by atoms with Crippen LogP contribution in [0.1, 0.15) is 20.3 Å². The highest BCUT2D eigenvalue weighted by Gasteiger charge is 2.25. The second-order valence-corrected chi connectivity index (χ2v) is 3.42. The van der Waals surface area contributed by atoms with Crippen molar-refractivity contribution >= 4 is 23.8 Å². The maximum atomic E-state index is 11.4. The average Bonchev–Trinajstić information content (AvgIpc) is 2.14. The van der Waals surface area contributed by atoms with E-state index in [4.69, 9.17) is 10.2 Å². The molecule has 4 N–H and O–H groups in total. The molecule has 0 aromatic carbocycles. The molecule has 0 spiro atoms. The Kier molecular flexibility index (Phi) is 5.65. The molecule has 2 amide bonds. The first kappa shape index (κ1) is 14.9. The van der Waals surface area contributed by atoms with Crippen LogP contribution in [0.5, 0.6) is 0 Å². The Morgan fingerprint density at radius 3 is 2.00 bits per heavy atom. The van der Waals surface area contributed by atoms with E-state index >= 15 is 0 Å². The Morgan fingerprint density at radius 2 is 1.65 bits per heavy atom. The Bertz CT molecular complexity index is 340. The lowest BCUT2D eigenvalue weighted by Gasteiger charge is -2.16. The maximum absolute atomic E-state index is 11.4. The predicted molar refractivity (Wildman–Crippen MR) is 55.1 cm³/mol. The lowest BCUT2D eigenvalue weighted by atomic mass is 10.2. The summed E-state index contributed by atoms with van der Waals surface area (Å²) in [5, 5.41) is 21.4. The van der Waals surface area contributed by atoms with Gasteiger partial charge in [-0.25, -0.2) is 4.79 Å². The van der Waals surface area contributed by atoms with Crippen LogP contribution in [0.25, 0.3) is 0 Å². The Morgan fingerprint density at radius 1 is 1.12 bits per heavy atom. The van der Waals surface area contributed by atoms with E-state index in [2.05, 4.69) is 5.32 Å². The second kappa shape index (κ2) is 6.46. The van der Waals surface area contributed by atoms with Crippen molar-refractivity contribution in [2.24, 2.45) is 0 Å². The van der Waals surface area contributed by atoms with E-state index in [1.807, 2.05) is 5.32 Å². The molecule has 0 rings (SSSR count). The number of carboxylic acids is 2. The SMILES string of the molecule is CC(=O)NC(C)C(=O)N[C@@H](CC(=O)O)C(=O)O. The fourth-order valence-corrected chi connectivity index (χ4v) is 1.04. The number of hydrogen-bond donors (Lipinski definition) is 4. The highest BCUT2D eigenvalue weighted by atomic mass is 16.4. The zero-order valence-electron chi connectivity index (χ0n) is 9.39. The van der Waals surface area contributed by atoms with Gasteiger partial charge >= 0.3 is 11.9 Å². The molecule has 0 saturated carbocycles. The molecule has 0 heterocycles. The minimum absolute atomic E-state index is 0.447. The standard InChI is InChI=1S/C9H14N2O6/c1-4(10-5(2)12)8(15)11-6(9(16)17)3-7(13)14/h4,6H,3H2,1-2H3,(H,10,12)(H,11,15)(H,13,14)(H,16,17)/t4?,6-/m0/s1. The number of amides is 2. The van der Waals surface area contributed by atoms with Crippen LogP contribution >= 0.6 is 0 Å². The molecule has 0 radical (unpaired) electrons. The normalized spacial score (nSPS) is 13.3. The fraction of sp³-hybridized carbons (Fsp3) is 0.556. The minimum atomic E-state index is -1.52. The van der Waals surface area contributed by atoms with E-state index in [9.17, 15) is 19.2 Å². The molecule has 1 unspecified atom stereocenters. The Hall–Kier alpha value is -2.12. The lowest BCUT2D eigenvalue weighted by Crippen LogP contribution is -2.50. The van der Waals surface area contributed by atoms with Crippen molar-refractivity contribution in [2.75, 3.05) is 0 Å². The van der Waals surface area contributed by atoms with Gasteiger partial charge in [-0.05, 0) is 6.92 Å². The first-order valence-electron chi connectivity index (χ1n) is 4.76. The number of hydrogen-bond acceptors (Lipinski definition) is 4. The lowest BCUT2D eigenvalue weighted by molar-refractivity contribution is -0.147. The Balaban J connectivity index is 4.44. The van der Waals surface area contributed by atoms with Crippen LogP contribution in [0.15, 0.2) is 0 Å². The summed E-state index contributed by atoms with van der Waals surface area (Å²) in [4.78, 5) is 43.1. The van der Waals surface area contributed by atoms with Gasteiger partial charge in [-0.1, -0.05) is 0 Å². The summed E-state index contributed by atoms with van der Waals surface area (Å²) in [7, 11) is 0. The Labute approximate surface area is 97.0 Å². The van der Waals surface area contributed by atoms with Crippen LogP contribution in [0.3, 0.4) is 0 Å². The van der Waals surface area contributed by atoms with Crippen LogP contribution in [0.2, 0.25) is 0 Å². The molecule has 2 atom stereocenters. The number of carbonyl (C=O) groups excluding carboxylic acids is 2. The topological polar surface area (TPSA) is 133 Å². The molecule has 0 saturated heterocycles. The molecule has 0 aliphatic carbocycles. The third kappa shape index (κ3) is 6.13. The summed E-state index contributed by atoms with van der Waals surface area (Å²) in [5.74, 6) is -3.99. The van der Waals surface area contributed by atoms with Crippen molar-refractivity contribution in [3.05, 3.63) is 0 Å². The first-order valence-corrected chi connectivity index (χ1v) is 4.76. The third-order valence-corrected chi connectivity index (χ3v) is 1.81. The van der Waals surface area contributed by atoms with E-state index in [0.717, 1.165) is 0 Å². The van der Waals surface area contributed by atoms with Gasteiger partial charge in [-0.15, -0.1) is 0 Å². The summed E-state index contributed by atoms with van der Waals surface area (Å²) in [6.07, 6.45) is -0.728. The van der Waals surface area contributed by atoms with Crippen molar-refractivity contribution in [1.29, 1.82) is 0 Å². The molecule has 0 aliphatic heterocycles. The highest BCUT2D eigenvalue weighted by Crippen LogP contribution is 1.94.